The molecule has 1 unspecified atom stereocenters. The Morgan fingerprint density at radius 2 is 2.60 bits per heavy atom. The molecular formula is C7H11N3. The van der Waals surface area contributed by atoms with Gasteiger partial charge in [-0.1, -0.05) is 6.58 Å². The molecule has 1 heterocycles. The first-order chi connectivity index (χ1) is 4.88. The summed E-state index contributed by atoms with van der Waals surface area (Å²) in [6, 6.07) is 2.18. The van der Waals surface area contributed by atoms with E-state index in [0.29, 0.717) is 0 Å². The highest BCUT2D eigenvalue weighted by Crippen LogP contribution is 2.00. The minimum Gasteiger partial charge on any atom is -0.360 e. The molecule has 0 spiro atoms. The second kappa shape index (κ2) is 3.23. The van der Waals surface area contributed by atoms with E-state index in [0.717, 1.165) is 19.6 Å². The van der Waals surface area contributed by atoms with Crippen molar-refractivity contribution in [1.82, 2.24) is 10.2 Å². The predicted molar refractivity (Wildman–Crippen MR) is 39.2 cm³/mol. The molecular weight excluding hydrogens is 126 g/mol. The van der Waals surface area contributed by atoms with Crippen LogP contribution in [-0.4, -0.2) is 30.6 Å². The number of piperazine rings is 1. The molecule has 3 nitrogen and oxygen atoms in total. The summed E-state index contributed by atoms with van der Waals surface area (Å²) in [4.78, 5) is 1.95. The fraction of sp³-hybridized carbons (Fsp3) is 0.571. The molecule has 0 aromatic carbocycles. The van der Waals surface area contributed by atoms with Crippen molar-refractivity contribution in [3.8, 4) is 6.07 Å². The summed E-state index contributed by atoms with van der Waals surface area (Å²) >= 11 is 0. The van der Waals surface area contributed by atoms with Crippen molar-refractivity contribution >= 4 is 0 Å². The molecule has 0 bridgehead atoms. The molecule has 54 valence electrons. The van der Waals surface area contributed by atoms with Crippen LogP contribution in [0.2, 0.25) is 0 Å². The van der Waals surface area contributed by atoms with Gasteiger partial charge in [-0.05, 0) is 6.20 Å². The highest BCUT2D eigenvalue weighted by molar-refractivity contribution is 4.99. The molecule has 0 aliphatic carbocycles. The van der Waals surface area contributed by atoms with Gasteiger partial charge in [-0.15, -0.1) is 0 Å². The van der Waals surface area contributed by atoms with Crippen LogP contribution in [0.15, 0.2) is 12.8 Å². The van der Waals surface area contributed by atoms with Crippen molar-refractivity contribution in [1.29, 1.82) is 5.26 Å². The van der Waals surface area contributed by atoms with Gasteiger partial charge in [0.05, 0.1) is 6.07 Å². The summed E-state index contributed by atoms with van der Waals surface area (Å²) in [6.45, 7) is 6.22. The predicted octanol–water partition coefficient (Wildman–Crippen LogP) is -0.0727. The van der Waals surface area contributed by atoms with Crippen LogP contribution in [0.1, 0.15) is 0 Å². The van der Waals surface area contributed by atoms with Crippen LogP contribution in [0.3, 0.4) is 0 Å². The molecule has 0 radical (unpaired) electrons. The number of hydrogen-bond acceptors (Lipinski definition) is 3. The third-order valence-electron chi connectivity index (χ3n) is 1.67. The molecule has 1 rings (SSSR count). The quantitative estimate of drug-likeness (QED) is 0.549. The van der Waals surface area contributed by atoms with Crippen molar-refractivity contribution in [2.24, 2.45) is 0 Å². The fourth-order valence-electron chi connectivity index (χ4n) is 1.06. The lowest BCUT2D eigenvalue weighted by Gasteiger charge is -2.30. The van der Waals surface area contributed by atoms with E-state index < -0.39 is 0 Å². The van der Waals surface area contributed by atoms with Crippen LogP contribution >= 0.6 is 0 Å². The fourth-order valence-corrected chi connectivity index (χ4v) is 1.06. The Morgan fingerprint density at radius 3 is 3.10 bits per heavy atom. The smallest absolute Gasteiger partial charge is 0.129 e. The Hall–Kier alpha value is -1.01. The van der Waals surface area contributed by atoms with Gasteiger partial charge in [0.15, 0.2) is 0 Å². The summed E-state index contributed by atoms with van der Waals surface area (Å²) in [5, 5.41) is 11.8. The monoisotopic (exact) mass is 137 g/mol. The van der Waals surface area contributed by atoms with Crippen LogP contribution in [0.4, 0.5) is 0 Å². The van der Waals surface area contributed by atoms with E-state index in [2.05, 4.69) is 18.0 Å². The number of rotatable bonds is 1. The molecule has 10 heavy (non-hydrogen) atoms. The summed E-state index contributed by atoms with van der Waals surface area (Å²) < 4.78 is 0. The molecule has 1 aliphatic heterocycles. The zero-order valence-corrected chi connectivity index (χ0v) is 5.88. The molecule has 1 aliphatic rings. The second-order valence-corrected chi connectivity index (χ2v) is 2.27. The van der Waals surface area contributed by atoms with Crippen molar-refractivity contribution < 1.29 is 0 Å². The Kier molecular flexibility index (Phi) is 2.30. The summed E-state index contributed by atoms with van der Waals surface area (Å²) in [5.41, 5.74) is 0. The Labute approximate surface area is 60.9 Å². The van der Waals surface area contributed by atoms with Gasteiger partial charge in [0, 0.05) is 19.6 Å². The van der Waals surface area contributed by atoms with Gasteiger partial charge in [-0.2, -0.15) is 5.26 Å². The minimum atomic E-state index is -0.0220. The molecule has 1 atom stereocenters. The highest BCUT2D eigenvalue weighted by Gasteiger charge is 2.16. The Bertz CT molecular complexity index is 159. The molecule has 3 heteroatoms. The van der Waals surface area contributed by atoms with Crippen LogP contribution in [0.5, 0.6) is 0 Å². The molecule has 0 aromatic rings. The van der Waals surface area contributed by atoms with Gasteiger partial charge < -0.3 is 10.2 Å². The van der Waals surface area contributed by atoms with Crippen LogP contribution in [0, 0.1) is 11.3 Å². The van der Waals surface area contributed by atoms with Crippen LogP contribution in [-0.2, 0) is 0 Å². The summed E-state index contributed by atoms with van der Waals surface area (Å²) in [7, 11) is 0. The van der Waals surface area contributed by atoms with Gasteiger partial charge >= 0.3 is 0 Å². The number of nitriles is 1. The second-order valence-electron chi connectivity index (χ2n) is 2.27. The van der Waals surface area contributed by atoms with Gasteiger partial charge in [0.2, 0.25) is 0 Å². The lowest BCUT2D eigenvalue weighted by atomic mass is 10.2. The number of nitrogens with zero attached hydrogens (tertiary/aromatic N) is 2. The molecule has 1 saturated heterocycles. The average Bonchev–Trinajstić information content (AvgIpc) is 2.04. The molecule has 0 saturated carbocycles. The highest BCUT2D eigenvalue weighted by atomic mass is 15.2. The van der Waals surface area contributed by atoms with Crippen molar-refractivity contribution in [3.63, 3.8) is 0 Å². The van der Waals surface area contributed by atoms with E-state index in [1.54, 1.807) is 6.20 Å². The van der Waals surface area contributed by atoms with E-state index in [4.69, 9.17) is 5.26 Å². The maximum absolute atomic E-state index is 8.61. The molecule has 1 fully saturated rings. The van der Waals surface area contributed by atoms with E-state index in [9.17, 15) is 0 Å². The lowest BCUT2D eigenvalue weighted by molar-refractivity contribution is 0.273. The first-order valence-electron chi connectivity index (χ1n) is 3.37. The molecule has 0 amide bonds. The maximum atomic E-state index is 8.61. The largest absolute Gasteiger partial charge is 0.360 e. The van der Waals surface area contributed by atoms with Gasteiger partial charge in [-0.25, -0.2) is 0 Å². The SMILES string of the molecule is C=CN1CCNCC1C#N. The number of nitrogens with one attached hydrogen (secondary N) is 1. The zero-order valence-electron chi connectivity index (χ0n) is 5.88. The van der Waals surface area contributed by atoms with E-state index in [1.807, 2.05) is 4.90 Å². The Morgan fingerprint density at radius 1 is 1.80 bits per heavy atom. The average molecular weight is 137 g/mol. The van der Waals surface area contributed by atoms with Crippen molar-refractivity contribution in [2.45, 2.75) is 6.04 Å². The molecule has 0 aromatic heterocycles. The zero-order chi connectivity index (χ0) is 7.40. The van der Waals surface area contributed by atoms with Gasteiger partial charge in [0.25, 0.3) is 0 Å². The normalized spacial score (nSPS) is 25.5. The maximum Gasteiger partial charge on any atom is 0.129 e. The van der Waals surface area contributed by atoms with E-state index >= 15 is 0 Å². The van der Waals surface area contributed by atoms with E-state index in [1.165, 1.54) is 0 Å². The first kappa shape index (κ1) is 7.10. The van der Waals surface area contributed by atoms with Gasteiger partial charge in [-0.3, -0.25) is 0 Å². The topological polar surface area (TPSA) is 39.1 Å². The molecule has 1 N–H and O–H groups in total. The van der Waals surface area contributed by atoms with Crippen LogP contribution in [0.25, 0.3) is 0 Å². The van der Waals surface area contributed by atoms with Crippen LogP contribution < -0.4 is 5.32 Å². The van der Waals surface area contributed by atoms with Crippen molar-refractivity contribution in [3.05, 3.63) is 12.8 Å². The Balaban J connectivity index is 2.51. The summed E-state index contributed by atoms with van der Waals surface area (Å²) in [6.07, 6.45) is 1.73. The number of hydrogen-bond donors (Lipinski definition) is 1. The standard InChI is InChI=1S/C7H11N3/c1-2-10-4-3-9-6-7(10)5-8/h2,7,9H,1,3-4,6H2. The first-order valence-corrected chi connectivity index (χ1v) is 3.37. The lowest BCUT2D eigenvalue weighted by Crippen LogP contribution is -2.47. The van der Waals surface area contributed by atoms with Crippen molar-refractivity contribution in [2.75, 3.05) is 19.6 Å². The summed E-state index contributed by atoms with van der Waals surface area (Å²) in [5.74, 6) is 0. The van der Waals surface area contributed by atoms with E-state index in [-0.39, 0.29) is 6.04 Å². The third-order valence-corrected chi connectivity index (χ3v) is 1.67. The minimum absolute atomic E-state index is 0.0220. The third kappa shape index (κ3) is 1.28. The van der Waals surface area contributed by atoms with Gasteiger partial charge in [0.1, 0.15) is 6.04 Å².